The van der Waals surface area contributed by atoms with Crippen molar-refractivity contribution in [3.8, 4) is 0 Å². The second-order valence-corrected chi connectivity index (χ2v) is 4.73. The van der Waals surface area contributed by atoms with Gasteiger partial charge < -0.3 is 0 Å². The fourth-order valence-electron chi connectivity index (χ4n) is 1.53. The number of aromatic amines is 1. The number of hydrogen-bond donors (Lipinski definition) is 2. The van der Waals surface area contributed by atoms with Gasteiger partial charge in [0.05, 0.1) is 0 Å². The number of amides is 2. The Bertz CT molecular complexity index is 408. The predicted octanol–water partition coefficient (Wildman–Crippen LogP) is -0.627. The van der Waals surface area contributed by atoms with E-state index in [1.807, 2.05) is 11.9 Å². The molecule has 8 nitrogen and oxygen atoms in total. The van der Waals surface area contributed by atoms with Gasteiger partial charge in [0, 0.05) is 6.42 Å². The minimum atomic E-state index is -0.421. The molecule has 2 heterocycles. The van der Waals surface area contributed by atoms with Crippen molar-refractivity contribution in [3.05, 3.63) is 5.82 Å². The zero-order chi connectivity index (χ0) is 12.3. The van der Waals surface area contributed by atoms with Crippen molar-refractivity contribution in [3.63, 3.8) is 0 Å². The zero-order valence-corrected chi connectivity index (χ0v) is 10.0. The van der Waals surface area contributed by atoms with Crippen LogP contribution in [0.1, 0.15) is 12.2 Å². The van der Waals surface area contributed by atoms with E-state index in [0.717, 1.165) is 24.0 Å². The maximum atomic E-state index is 11.4. The molecule has 0 bridgehead atoms. The number of nitrogens with one attached hydrogen (secondary N) is 2. The average molecular weight is 256 g/mol. The Kier molecular flexibility index (Phi) is 3.69. The summed E-state index contributed by atoms with van der Waals surface area (Å²) in [6.45, 7) is 0.694. The van der Waals surface area contributed by atoms with Gasteiger partial charge in [-0.05, 0) is 42.2 Å². The lowest BCUT2D eigenvalue weighted by Gasteiger charge is -2.19. The SMILES string of the molecule is CN(CCCc1nnn[nH]1)C1SC(=O)NC1=O. The largest absolute Gasteiger partial charge is 0.287 e. The molecular formula is C8H12N6O2S. The van der Waals surface area contributed by atoms with E-state index in [1.165, 1.54) is 0 Å². The number of imide groups is 1. The highest BCUT2D eigenvalue weighted by molar-refractivity contribution is 8.15. The highest BCUT2D eigenvalue weighted by Gasteiger charge is 2.34. The molecule has 1 unspecified atom stereocenters. The first kappa shape index (κ1) is 12.0. The smallest absolute Gasteiger partial charge is 0.286 e. The first-order valence-electron chi connectivity index (χ1n) is 5.11. The van der Waals surface area contributed by atoms with Crippen LogP contribution in [0.25, 0.3) is 0 Å². The van der Waals surface area contributed by atoms with E-state index in [9.17, 15) is 9.59 Å². The van der Waals surface area contributed by atoms with Gasteiger partial charge in [0.2, 0.25) is 0 Å². The number of nitrogens with zero attached hydrogens (tertiary/aromatic N) is 4. The van der Waals surface area contributed by atoms with Crippen LogP contribution in [0.5, 0.6) is 0 Å². The third kappa shape index (κ3) is 3.01. The maximum Gasteiger partial charge on any atom is 0.287 e. The van der Waals surface area contributed by atoms with E-state index in [-0.39, 0.29) is 11.1 Å². The molecular weight excluding hydrogens is 244 g/mol. The van der Waals surface area contributed by atoms with Crippen LogP contribution in [-0.4, -0.2) is 55.6 Å². The lowest BCUT2D eigenvalue weighted by atomic mass is 10.3. The number of hydrogen-bond acceptors (Lipinski definition) is 7. The third-order valence-electron chi connectivity index (χ3n) is 2.38. The Balaban J connectivity index is 1.75. The van der Waals surface area contributed by atoms with E-state index in [2.05, 4.69) is 25.9 Å². The summed E-state index contributed by atoms with van der Waals surface area (Å²) in [7, 11) is 1.81. The van der Waals surface area contributed by atoms with E-state index in [0.29, 0.717) is 13.0 Å². The minimum Gasteiger partial charge on any atom is -0.286 e. The lowest BCUT2D eigenvalue weighted by Crippen LogP contribution is -2.37. The molecule has 0 aromatic carbocycles. The molecule has 1 aromatic heterocycles. The summed E-state index contributed by atoms with van der Waals surface area (Å²) in [5.41, 5.74) is 0. The van der Waals surface area contributed by atoms with E-state index >= 15 is 0 Å². The Morgan fingerprint density at radius 3 is 2.88 bits per heavy atom. The molecule has 0 saturated carbocycles. The van der Waals surface area contributed by atoms with Gasteiger partial charge in [0.1, 0.15) is 11.2 Å². The van der Waals surface area contributed by atoms with Gasteiger partial charge in [-0.2, -0.15) is 0 Å². The van der Waals surface area contributed by atoms with Crippen molar-refractivity contribution >= 4 is 22.9 Å². The van der Waals surface area contributed by atoms with Crippen LogP contribution in [0.15, 0.2) is 0 Å². The van der Waals surface area contributed by atoms with Crippen LogP contribution in [0.2, 0.25) is 0 Å². The van der Waals surface area contributed by atoms with Crippen LogP contribution < -0.4 is 5.32 Å². The second-order valence-electron chi connectivity index (χ2n) is 3.68. The fourth-order valence-corrected chi connectivity index (χ4v) is 2.35. The van der Waals surface area contributed by atoms with Gasteiger partial charge in [-0.1, -0.05) is 0 Å². The molecule has 2 rings (SSSR count). The van der Waals surface area contributed by atoms with Crippen LogP contribution >= 0.6 is 11.8 Å². The quantitative estimate of drug-likeness (QED) is 0.723. The summed E-state index contributed by atoms with van der Waals surface area (Å²) < 4.78 is 0. The molecule has 1 aliphatic rings. The summed E-state index contributed by atoms with van der Waals surface area (Å²) in [6, 6.07) is 0. The van der Waals surface area contributed by atoms with Gasteiger partial charge in [0.15, 0.2) is 0 Å². The molecule has 92 valence electrons. The Hall–Kier alpha value is -1.48. The Morgan fingerprint density at radius 2 is 2.29 bits per heavy atom. The molecule has 2 amide bonds. The van der Waals surface area contributed by atoms with Gasteiger partial charge in [-0.15, -0.1) is 5.10 Å². The van der Waals surface area contributed by atoms with Crippen LogP contribution in [0.4, 0.5) is 4.79 Å². The van der Waals surface area contributed by atoms with E-state index in [4.69, 9.17) is 0 Å². The third-order valence-corrected chi connectivity index (χ3v) is 3.50. The fraction of sp³-hybridized carbons (Fsp3) is 0.625. The molecule has 1 atom stereocenters. The van der Waals surface area contributed by atoms with Gasteiger partial charge in [-0.25, -0.2) is 5.10 Å². The number of tetrazole rings is 1. The Labute approximate surface area is 102 Å². The average Bonchev–Trinajstić information content (AvgIpc) is 2.88. The van der Waals surface area contributed by atoms with Gasteiger partial charge in [-0.3, -0.25) is 19.8 Å². The highest BCUT2D eigenvalue weighted by atomic mass is 32.2. The van der Waals surface area contributed by atoms with Crippen molar-refractivity contribution in [2.24, 2.45) is 0 Å². The topological polar surface area (TPSA) is 104 Å². The molecule has 2 N–H and O–H groups in total. The summed E-state index contributed by atoms with van der Waals surface area (Å²) in [5.74, 6) is 0.474. The normalized spacial score (nSPS) is 20.0. The summed E-state index contributed by atoms with van der Waals surface area (Å²) >= 11 is 1.01. The predicted molar refractivity (Wildman–Crippen MR) is 60.0 cm³/mol. The molecule has 1 aromatic rings. The molecule has 0 spiro atoms. The van der Waals surface area contributed by atoms with Crippen LogP contribution in [-0.2, 0) is 11.2 Å². The molecule has 1 aliphatic heterocycles. The number of aromatic nitrogens is 4. The molecule has 1 fully saturated rings. The standard InChI is InChI=1S/C8H12N6O2S/c1-14(7-6(15)9-8(16)17-7)4-2-3-5-10-12-13-11-5/h7H,2-4H2,1H3,(H,9,15,16)(H,10,11,12,13). The summed E-state index contributed by atoms with van der Waals surface area (Å²) in [5, 5.41) is 14.9. The maximum absolute atomic E-state index is 11.4. The lowest BCUT2D eigenvalue weighted by molar-refractivity contribution is -0.121. The summed E-state index contributed by atoms with van der Waals surface area (Å²) in [4.78, 5) is 24.2. The molecule has 0 aliphatic carbocycles. The monoisotopic (exact) mass is 256 g/mol. The number of carbonyl (C=O) groups excluding carboxylic acids is 2. The summed E-state index contributed by atoms with van der Waals surface area (Å²) in [6.07, 6.45) is 1.52. The minimum absolute atomic E-state index is 0.246. The first-order chi connectivity index (χ1) is 8.16. The van der Waals surface area contributed by atoms with Crippen molar-refractivity contribution in [2.45, 2.75) is 18.2 Å². The molecule has 17 heavy (non-hydrogen) atoms. The number of thioether (sulfide) groups is 1. The van der Waals surface area contributed by atoms with Crippen LogP contribution in [0, 0.1) is 0 Å². The number of aryl methyl sites for hydroxylation is 1. The van der Waals surface area contributed by atoms with Crippen LogP contribution in [0.3, 0.4) is 0 Å². The number of carbonyl (C=O) groups is 2. The van der Waals surface area contributed by atoms with E-state index in [1.54, 1.807) is 0 Å². The van der Waals surface area contributed by atoms with Gasteiger partial charge >= 0.3 is 0 Å². The number of likely N-dealkylation sites (N-methyl/N-ethyl adjacent to an activating group) is 1. The number of rotatable bonds is 5. The first-order valence-corrected chi connectivity index (χ1v) is 5.99. The molecule has 0 radical (unpaired) electrons. The number of H-pyrrole nitrogens is 1. The zero-order valence-electron chi connectivity index (χ0n) is 9.21. The second kappa shape index (κ2) is 5.23. The molecule has 1 saturated heterocycles. The highest BCUT2D eigenvalue weighted by Crippen LogP contribution is 2.21. The van der Waals surface area contributed by atoms with Crippen molar-refractivity contribution in [2.75, 3.05) is 13.6 Å². The van der Waals surface area contributed by atoms with Gasteiger partial charge in [0.25, 0.3) is 11.1 Å². The Morgan fingerprint density at radius 1 is 1.47 bits per heavy atom. The van der Waals surface area contributed by atoms with E-state index < -0.39 is 5.37 Å². The van der Waals surface area contributed by atoms with Crippen molar-refractivity contribution in [1.29, 1.82) is 0 Å². The van der Waals surface area contributed by atoms with Crippen molar-refractivity contribution in [1.82, 2.24) is 30.8 Å². The van der Waals surface area contributed by atoms with Crippen molar-refractivity contribution < 1.29 is 9.59 Å². The molecule has 9 heteroatoms.